The van der Waals surface area contributed by atoms with Gasteiger partial charge in [0, 0.05) is 11.6 Å². The zero-order chi connectivity index (χ0) is 20.7. The number of nitrogens with two attached hydrogens (primary N) is 1. The van der Waals surface area contributed by atoms with Gasteiger partial charge in [0.25, 0.3) is 11.8 Å². The molecule has 28 heavy (non-hydrogen) atoms. The number of benzene rings is 1. The Bertz CT molecular complexity index is 728. The van der Waals surface area contributed by atoms with E-state index in [1.54, 1.807) is 12.1 Å². The predicted molar refractivity (Wildman–Crippen MR) is 110 cm³/mol. The molecule has 0 spiro atoms. The number of carbonyl (C=O) groups is 2. The van der Waals surface area contributed by atoms with Crippen molar-refractivity contribution in [3.63, 3.8) is 0 Å². The summed E-state index contributed by atoms with van der Waals surface area (Å²) in [4.78, 5) is 23.2. The molecule has 3 atom stereocenters. The molecule has 5 N–H and O–H groups in total. The average Bonchev–Trinajstić information content (AvgIpc) is 2.67. The van der Waals surface area contributed by atoms with Gasteiger partial charge in [0.05, 0.1) is 7.11 Å². The molecule has 9 heteroatoms. The first-order chi connectivity index (χ1) is 13.3. The number of thiocarbonyl (C=S) groups is 1. The summed E-state index contributed by atoms with van der Waals surface area (Å²) in [5, 5.41) is 3.66. The number of amides is 2. The standard InChI is InChI=1S/C19H28N4O4S/c1-11-5-4-6-14(12(11)2)21-19(28)23-22-18(25)13-7-8-15(16(9-13)26-3)27-10-17(20)24/h7-9,11-12,14H,4-6,10H2,1-3H3,(H2,20,24)(H,22,25)(H2,21,23,28)/t11-,12+,14+/m0/s1. The van der Waals surface area contributed by atoms with Gasteiger partial charge in [0.2, 0.25) is 0 Å². The molecule has 0 radical (unpaired) electrons. The van der Waals surface area contributed by atoms with E-state index in [1.165, 1.54) is 26.0 Å². The van der Waals surface area contributed by atoms with Crippen molar-refractivity contribution in [3.05, 3.63) is 23.8 Å². The number of primary amides is 1. The molecule has 0 unspecified atom stereocenters. The molecule has 0 saturated heterocycles. The first-order valence-corrected chi connectivity index (χ1v) is 9.68. The quantitative estimate of drug-likeness (QED) is 0.416. The number of nitrogens with one attached hydrogen (secondary N) is 3. The molecule has 8 nitrogen and oxygen atoms in total. The van der Waals surface area contributed by atoms with Gasteiger partial charge in [-0.05, 0) is 48.7 Å². The van der Waals surface area contributed by atoms with Gasteiger partial charge in [-0.3, -0.25) is 20.4 Å². The van der Waals surface area contributed by atoms with Gasteiger partial charge < -0.3 is 20.5 Å². The van der Waals surface area contributed by atoms with Gasteiger partial charge in [0.15, 0.2) is 23.2 Å². The van der Waals surface area contributed by atoms with E-state index in [1.807, 2.05) is 0 Å². The first-order valence-electron chi connectivity index (χ1n) is 9.27. The normalized spacial score (nSPS) is 21.3. The molecule has 1 aliphatic carbocycles. The third-order valence-electron chi connectivity index (χ3n) is 5.11. The molecule has 0 aromatic heterocycles. The van der Waals surface area contributed by atoms with Crippen LogP contribution in [0.1, 0.15) is 43.5 Å². The monoisotopic (exact) mass is 408 g/mol. The highest BCUT2D eigenvalue weighted by Gasteiger charge is 2.27. The van der Waals surface area contributed by atoms with Gasteiger partial charge in [-0.15, -0.1) is 0 Å². The fourth-order valence-electron chi connectivity index (χ4n) is 3.25. The number of carbonyl (C=O) groups excluding carboxylic acids is 2. The highest BCUT2D eigenvalue weighted by Crippen LogP contribution is 2.29. The third-order valence-corrected chi connectivity index (χ3v) is 5.33. The van der Waals surface area contributed by atoms with Crippen molar-refractivity contribution in [1.29, 1.82) is 0 Å². The largest absolute Gasteiger partial charge is 0.493 e. The van der Waals surface area contributed by atoms with Crippen LogP contribution in [0.25, 0.3) is 0 Å². The number of methoxy groups -OCH3 is 1. The molecule has 1 fully saturated rings. The van der Waals surface area contributed by atoms with Crippen LogP contribution in [-0.4, -0.2) is 36.7 Å². The summed E-state index contributed by atoms with van der Waals surface area (Å²) in [5.74, 6) is 0.820. The summed E-state index contributed by atoms with van der Waals surface area (Å²) in [5.41, 5.74) is 10.7. The third kappa shape index (κ3) is 5.98. The van der Waals surface area contributed by atoms with E-state index < -0.39 is 5.91 Å². The SMILES string of the molecule is COc1cc(C(=O)NNC(=S)N[C@@H]2CCC[C@H](C)[C@H]2C)ccc1OCC(N)=O. The Hall–Kier alpha value is -2.55. The fraction of sp³-hybridized carbons (Fsp3) is 0.526. The van der Waals surface area contributed by atoms with Crippen molar-refractivity contribution in [2.45, 2.75) is 39.2 Å². The average molecular weight is 409 g/mol. The van der Waals surface area contributed by atoms with Crippen molar-refractivity contribution in [2.75, 3.05) is 13.7 Å². The molecule has 154 valence electrons. The number of hydrazine groups is 1. The van der Waals surface area contributed by atoms with E-state index in [0.717, 1.165) is 6.42 Å². The second-order valence-corrected chi connectivity index (χ2v) is 7.46. The van der Waals surface area contributed by atoms with Crippen LogP contribution in [0, 0.1) is 11.8 Å². The van der Waals surface area contributed by atoms with Gasteiger partial charge in [0.1, 0.15) is 0 Å². The lowest BCUT2D eigenvalue weighted by molar-refractivity contribution is -0.119. The molecule has 1 saturated carbocycles. The van der Waals surface area contributed by atoms with Crippen LogP contribution in [0.15, 0.2) is 18.2 Å². The van der Waals surface area contributed by atoms with E-state index in [-0.39, 0.29) is 12.5 Å². The first kappa shape index (κ1) is 21.7. The summed E-state index contributed by atoms with van der Waals surface area (Å²) >= 11 is 5.30. The number of ether oxygens (including phenoxy) is 2. The lowest BCUT2D eigenvalue weighted by Gasteiger charge is -2.35. The van der Waals surface area contributed by atoms with E-state index in [4.69, 9.17) is 27.4 Å². The van der Waals surface area contributed by atoms with Crippen LogP contribution in [-0.2, 0) is 4.79 Å². The highest BCUT2D eigenvalue weighted by atomic mass is 32.1. The van der Waals surface area contributed by atoms with Crippen molar-refractivity contribution >= 4 is 29.1 Å². The molecule has 2 rings (SSSR count). The van der Waals surface area contributed by atoms with Gasteiger partial charge >= 0.3 is 0 Å². The van der Waals surface area contributed by atoms with Crippen molar-refractivity contribution in [2.24, 2.45) is 17.6 Å². The summed E-state index contributed by atoms with van der Waals surface area (Å²) < 4.78 is 10.4. The summed E-state index contributed by atoms with van der Waals surface area (Å²) in [6, 6.07) is 4.90. The van der Waals surface area contributed by atoms with Gasteiger partial charge in [-0.25, -0.2) is 0 Å². The Morgan fingerprint density at radius 1 is 1.21 bits per heavy atom. The molecular weight excluding hydrogens is 380 g/mol. The van der Waals surface area contributed by atoms with Crippen LogP contribution in [0.3, 0.4) is 0 Å². The molecule has 1 aromatic rings. The van der Waals surface area contributed by atoms with Crippen LogP contribution >= 0.6 is 12.2 Å². The zero-order valence-electron chi connectivity index (χ0n) is 16.4. The predicted octanol–water partition coefficient (Wildman–Crippen LogP) is 1.49. The Kier molecular flexibility index (Phi) is 7.86. The van der Waals surface area contributed by atoms with Gasteiger partial charge in [-0.2, -0.15) is 0 Å². The Labute approximate surface area is 170 Å². The van der Waals surface area contributed by atoms with Crippen LogP contribution in [0.2, 0.25) is 0 Å². The maximum absolute atomic E-state index is 12.4. The smallest absolute Gasteiger partial charge is 0.269 e. The minimum absolute atomic E-state index is 0.276. The summed E-state index contributed by atoms with van der Waals surface area (Å²) in [7, 11) is 1.44. The minimum atomic E-state index is -0.601. The maximum Gasteiger partial charge on any atom is 0.269 e. The van der Waals surface area contributed by atoms with E-state index in [0.29, 0.717) is 40.1 Å². The Morgan fingerprint density at radius 3 is 2.64 bits per heavy atom. The molecule has 2 amide bonds. The molecule has 0 aliphatic heterocycles. The van der Waals surface area contributed by atoms with Crippen LogP contribution in [0.5, 0.6) is 11.5 Å². The van der Waals surface area contributed by atoms with E-state index in [9.17, 15) is 9.59 Å². The number of rotatable bonds is 6. The van der Waals surface area contributed by atoms with Crippen molar-refractivity contribution in [1.82, 2.24) is 16.2 Å². The van der Waals surface area contributed by atoms with Crippen LogP contribution < -0.4 is 31.4 Å². The number of hydrogen-bond donors (Lipinski definition) is 4. The second-order valence-electron chi connectivity index (χ2n) is 7.05. The van der Waals surface area contributed by atoms with E-state index in [2.05, 4.69) is 30.0 Å². The number of hydrogen-bond acceptors (Lipinski definition) is 5. The summed E-state index contributed by atoms with van der Waals surface area (Å²) in [6.07, 6.45) is 3.46. The topological polar surface area (TPSA) is 115 Å². The van der Waals surface area contributed by atoms with Crippen molar-refractivity contribution < 1.29 is 19.1 Å². The molecular formula is C19H28N4O4S. The highest BCUT2D eigenvalue weighted by molar-refractivity contribution is 7.80. The molecule has 1 aromatic carbocycles. The van der Waals surface area contributed by atoms with Crippen LogP contribution in [0.4, 0.5) is 0 Å². The minimum Gasteiger partial charge on any atom is -0.493 e. The van der Waals surface area contributed by atoms with Gasteiger partial charge in [-0.1, -0.05) is 26.7 Å². The van der Waals surface area contributed by atoms with Crippen molar-refractivity contribution in [3.8, 4) is 11.5 Å². The molecule has 1 aliphatic rings. The zero-order valence-corrected chi connectivity index (χ0v) is 17.2. The summed E-state index contributed by atoms with van der Waals surface area (Å²) in [6.45, 7) is 4.19. The Balaban J connectivity index is 1.89. The van der Waals surface area contributed by atoms with E-state index >= 15 is 0 Å². The molecule has 0 heterocycles. The second kappa shape index (κ2) is 10.1. The maximum atomic E-state index is 12.4. The Morgan fingerprint density at radius 2 is 1.96 bits per heavy atom. The fourth-order valence-corrected chi connectivity index (χ4v) is 3.46. The molecule has 0 bridgehead atoms. The lowest BCUT2D eigenvalue weighted by Crippen LogP contribution is -2.52. The lowest BCUT2D eigenvalue weighted by atomic mass is 9.78.